The van der Waals surface area contributed by atoms with E-state index in [2.05, 4.69) is 11.2 Å². The maximum atomic E-state index is 5.07. The first-order valence-corrected chi connectivity index (χ1v) is 3.38. The van der Waals surface area contributed by atoms with Crippen molar-refractivity contribution in [1.29, 1.82) is 0 Å². The van der Waals surface area contributed by atoms with Gasteiger partial charge in [0.2, 0.25) is 0 Å². The van der Waals surface area contributed by atoms with Gasteiger partial charge in [0, 0.05) is 20.0 Å². The molecule has 0 aromatic carbocycles. The van der Waals surface area contributed by atoms with Crippen molar-refractivity contribution >= 4 is 6.79 Å². The van der Waals surface area contributed by atoms with E-state index < -0.39 is 0 Å². The Bertz CT molecular complexity index is 140. The lowest BCUT2D eigenvalue weighted by atomic mass is 10.4. The molecule has 0 aromatic rings. The number of methoxy groups -OCH3 is 1. The van der Waals surface area contributed by atoms with Crippen molar-refractivity contribution in [3.05, 3.63) is 18.1 Å². The minimum Gasteiger partial charge on any atom is -0.416 e. The van der Waals surface area contributed by atoms with Gasteiger partial charge in [-0.2, -0.15) is 0 Å². The Labute approximate surface area is 67.3 Å². The van der Waals surface area contributed by atoms with Gasteiger partial charge in [-0.1, -0.05) is 6.08 Å². The van der Waals surface area contributed by atoms with Crippen LogP contribution in [0.1, 0.15) is 13.8 Å². The van der Waals surface area contributed by atoms with Crippen LogP contribution in [0.5, 0.6) is 0 Å². The third-order valence-electron chi connectivity index (χ3n) is 1.04. The van der Waals surface area contributed by atoms with E-state index in [4.69, 9.17) is 9.47 Å². The van der Waals surface area contributed by atoms with Gasteiger partial charge in [-0.25, -0.2) is 0 Å². The minimum absolute atomic E-state index is 0.439. The Morgan fingerprint density at radius 3 is 2.73 bits per heavy atom. The highest BCUT2D eigenvalue weighted by Gasteiger charge is 1.94. The molecule has 0 aromatic heterocycles. The quantitative estimate of drug-likeness (QED) is 0.344. The van der Waals surface area contributed by atoms with Gasteiger partial charge < -0.3 is 13.9 Å². The molecule has 0 aliphatic heterocycles. The third-order valence-corrected chi connectivity index (χ3v) is 1.04. The van der Waals surface area contributed by atoms with Crippen LogP contribution in [0, 0.1) is 6.29 Å². The van der Waals surface area contributed by atoms with Crippen LogP contribution >= 0.6 is 0 Å². The highest BCUT2D eigenvalue weighted by molar-refractivity contribution is 5.14. The monoisotopic (exact) mass is 158 g/mol. The van der Waals surface area contributed by atoms with E-state index in [1.54, 1.807) is 13.0 Å². The molecule has 0 amide bonds. The lowest BCUT2D eigenvalue weighted by Crippen LogP contribution is -2.03. The Kier molecular flexibility index (Phi) is 5.51. The topological polar surface area (TPSA) is 29.8 Å². The molecule has 0 saturated heterocycles. The lowest BCUT2D eigenvalue weighted by Gasteiger charge is -2.17. The lowest BCUT2D eigenvalue weighted by molar-refractivity contribution is -0.386. The highest BCUT2D eigenvalue weighted by atomic mass is 16.7. The molecule has 64 valence electrons. The Morgan fingerprint density at radius 2 is 2.36 bits per heavy atom. The summed E-state index contributed by atoms with van der Waals surface area (Å²) in [5.74, 6) is 0.648. The first kappa shape index (κ1) is 10.2. The van der Waals surface area contributed by atoms with E-state index in [-0.39, 0.29) is 0 Å². The number of carbonyl (C=O) groups excluding carboxylic acids is 1. The highest BCUT2D eigenvalue weighted by Crippen LogP contribution is 2.07. The molecular formula is C8H14O3. The zero-order valence-corrected chi connectivity index (χ0v) is 7.22. The molecule has 0 radical (unpaired) electrons. The molecule has 11 heavy (non-hydrogen) atoms. The Balaban J connectivity index is 3.93. The average Bonchev–Trinajstić information content (AvgIpc) is 2.03. The van der Waals surface area contributed by atoms with Gasteiger partial charge in [0.15, 0.2) is 5.76 Å². The van der Waals surface area contributed by atoms with Gasteiger partial charge in [0.25, 0.3) is 6.79 Å². The van der Waals surface area contributed by atoms with Crippen LogP contribution in [-0.2, 0) is 13.9 Å². The maximum absolute atomic E-state index is 5.07. The normalized spacial score (nSPS) is 11.4. The fraction of sp³-hybridized carbons (Fsp3) is 0.500. The number of hydrogen-bond donors (Lipinski definition) is 0. The predicted molar refractivity (Wildman–Crippen MR) is 42.8 cm³/mol. The molecule has 3 nitrogen and oxygen atoms in total. The molecule has 0 spiro atoms. The minimum atomic E-state index is 0.439. The van der Waals surface area contributed by atoms with Crippen LogP contribution in [0.25, 0.3) is 0 Å². The summed E-state index contributed by atoms with van der Waals surface area (Å²) in [5, 5.41) is 0. The molecule has 3 heteroatoms. The molecule has 0 unspecified atom stereocenters. The van der Waals surface area contributed by atoms with Crippen molar-refractivity contribution in [3.8, 4) is 0 Å². The first-order valence-electron chi connectivity index (χ1n) is 3.38. The SMILES string of the molecule is C=[O+]C(C)=C[C-](OC)OCC. The van der Waals surface area contributed by atoms with Crippen molar-refractivity contribution in [1.82, 2.24) is 0 Å². The summed E-state index contributed by atoms with van der Waals surface area (Å²) in [4.78, 5) is 0. The third kappa shape index (κ3) is 4.58. The van der Waals surface area contributed by atoms with Gasteiger partial charge >= 0.3 is 0 Å². The molecule has 0 bridgehead atoms. The van der Waals surface area contributed by atoms with Crippen molar-refractivity contribution < 1.29 is 13.9 Å². The average molecular weight is 158 g/mol. The van der Waals surface area contributed by atoms with E-state index >= 15 is 0 Å². The van der Waals surface area contributed by atoms with Crippen LogP contribution < -0.4 is 0 Å². The molecule has 0 aliphatic rings. The largest absolute Gasteiger partial charge is 0.416 e. The molecule has 0 aliphatic carbocycles. The van der Waals surface area contributed by atoms with E-state index in [1.165, 1.54) is 7.11 Å². The smallest absolute Gasteiger partial charge is 0.257 e. The summed E-state index contributed by atoms with van der Waals surface area (Å²) < 4.78 is 14.6. The fourth-order valence-corrected chi connectivity index (χ4v) is 0.509. The van der Waals surface area contributed by atoms with Gasteiger partial charge in [-0.15, -0.1) is 0 Å². The van der Waals surface area contributed by atoms with Crippen molar-refractivity contribution in [3.63, 3.8) is 0 Å². The van der Waals surface area contributed by atoms with E-state index in [0.29, 0.717) is 18.7 Å². The van der Waals surface area contributed by atoms with Gasteiger partial charge in [0.05, 0.1) is 0 Å². The van der Waals surface area contributed by atoms with Crippen LogP contribution in [0.2, 0.25) is 0 Å². The second-order valence-electron chi connectivity index (χ2n) is 1.86. The van der Waals surface area contributed by atoms with Crippen molar-refractivity contribution in [2.24, 2.45) is 0 Å². The van der Waals surface area contributed by atoms with Crippen molar-refractivity contribution in [2.45, 2.75) is 13.8 Å². The van der Waals surface area contributed by atoms with E-state index in [1.807, 2.05) is 6.92 Å². The standard InChI is InChI=1S/C8H14O3/c1-5-11-8(10-4)6-7(2)9-3/h6H,3,5H2,1-2,4H3. The molecule has 0 N–H and O–H groups in total. The first-order chi connectivity index (χ1) is 5.24. The fourth-order valence-electron chi connectivity index (χ4n) is 0.509. The molecule has 0 rings (SSSR count). The zero-order valence-electron chi connectivity index (χ0n) is 7.22. The summed E-state index contributed by atoms with van der Waals surface area (Å²) in [6.07, 6.45) is 2.07. The number of ether oxygens (including phenoxy) is 2. The number of rotatable bonds is 5. The van der Waals surface area contributed by atoms with Crippen LogP contribution in [0.3, 0.4) is 0 Å². The molecule has 0 fully saturated rings. The number of hydrogen-bond acceptors (Lipinski definition) is 2. The summed E-state index contributed by atoms with van der Waals surface area (Å²) in [5.41, 5.74) is 0. The van der Waals surface area contributed by atoms with Gasteiger partial charge in [-0.3, -0.25) is 0 Å². The second kappa shape index (κ2) is 5.95. The molecule has 0 heterocycles. The summed E-state index contributed by atoms with van der Waals surface area (Å²) in [7, 11) is 1.54. The summed E-state index contributed by atoms with van der Waals surface area (Å²) >= 11 is 0. The molecule has 0 atom stereocenters. The van der Waals surface area contributed by atoms with Crippen LogP contribution in [0.4, 0.5) is 0 Å². The number of allylic oxidation sites excluding steroid dienone is 1. The molecular weight excluding hydrogens is 144 g/mol. The van der Waals surface area contributed by atoms with Gasteiger partial charge in [0.1, 0.15) is 0 Å². The summed E-state index contributed by atoms with van der Waals surface area (Å²) in [6.45, 7) is 7.46. The van der Waals surface area contributed by atoms with E-state index in [9.17, 15) is 0 Å². The zero-order chi connectivity index (χ0) is 8.69. The Morgan fingerprint density at radius 1 is 1.73 bits per heavy atom. The summed E-state index contributed by atoms with van der Waals surface area (Å²) in [6, 6.07) is 0. The van der Waals surface area contributed by atoms with E-state index in [0.717, 1.165) is 0 Å². The Hall–Kier alpha value is -0.800. The molecule has 0 saturated carbocycles. The van der Waals surface area contributed by atoms with Crippen molar-refractivity contribution in [2.75, 3.05) is 13.7 Å². The predicted octanol–water partition coefficient (Wildman–Crippen LogP) is 1.43. The van der Waals surface area contributed by atoms with Gasteiger partial charge in [-0.05, 0) is 13.8 Å². The second-order valence-corrected chi connectivity index (χ2v) is 1.86. The maximum Gasteiger partial charge on any atom is 0.257 e. The van der Waals surface area contributed by atoms with Crippen LogP contribution in [0.15, 0.2) is 11.8 Å². The van der Waals surface area contributed by atoms with Crippen LogP contribution in [-0.4, -0.2) is 20.5 Å².